The Hall–Kier alpha value is -3.15. The third-order valence-corrected chi connectivity index (χ3v) is 3.29. The number of aliphatic hydroxyl groups excluding tert-OH is 1. The van der Waals surface area contributed by atoms with E-state index >= 15 is 0 Å². The molecular formula is C17H15F6N3O3. The highest BCUT2D eigenvalue weighted by Crippen LogP contribution is 2.25. The lowest BCUT2D eigenvalue weighted by atomic mass is 10.1. The van der Waals surface area contributed by atoms with Gasteiger partial charge >= 0.3 is 12.7 Å². The van der Waals surface area contributed by atoms with Crippen molar-refractivity contribution >= 4 is 11.6 Å². The van der Waals surface area contributed by atoms with Crippen molar-refractivity contribution in [3.8, 4) is 11.5 Å². The first kappa shape index (κ1) is 22.1. The van der Waals surface area contributed by atoms with Crippen LogP contribution >= 0.6 is 0 Å². The molecule has 1 atom stereocenters. The fourth-order valence-corrected chi connectivity index (χ4v) is 2.11. The van der Waals surface area contributed by atoms with Crippen molar-refractivity contribution in [3.63, 3.8) is 0 Å². The molecule has 0 saturated carbocycles. The van der Waals surface area contributed by atoms with Crippen LogP contribution in [0.2, 0.25) is 0 Å². The average molecular weight is 423 g/mol. The van der Waals surface area contributed by atoms with Crippen LogP contribution in [0.4, 0.5) is 32.0 Å². The van der Waals surface area contributed by atoms with Gasteiger partial charge in [0.2, 0.25) is 0 Å². The summed E-state index contributed by atoms with van der Waals surface area (Å²) in [5, 5.41) is 12.6. The van der Waals surface area contributed by atoms with Gasteiger partial charge in [0.1, 0.15) is 11.5 Å². The summed E-state index contributed by atoms with van der Waals surface area (Å²) in [5.74, 6) is -0.978. The molecule has 0 heterocycles. The second-order valence-corrected chi connectivity index (χ2v) is 5.56. The number of rotatable bonds is 6. The summed E-state index contributed by atoms with van der Waals surface area (Å²) in [6, 6.07) is 9.27. The number of ether oxygens (including phenoxy) is 2. The number of hydrogen-bond donors (Lipinski definition) is 3. The third-order valence-electron chi connectivity index (χ3n) is 3.29. The first-order valence-electron chi connectivity index (χ1n) is 7.88. The van der Waals surface area contributed by atoms with Gasteiger partial charge in [-0.15, -0.1) is 26.3 Å². The van der Waals surface area contributed by atoms with E-state index in [9.17, 15) is 31.4 Å². The molecule has 2 aromatic rings. The molecule has 0 radical (unpaired) electrons. The van der Waals surface area contributed by atoms with Crippen LogP contribution in [-0.4, -0.2) is 30.3 Å². The van der Waals surface area contributed by atoms with Crippen molar-refractivity contribution < 1.29 is 40.9 Å². The number of alkyl halides is 6. The fraction of sp³-hybridized carbons (Fsp3) is 0.235. The largest absolute Gasteiger partial charge is 0.573 e. The summed E-state index contributed by atoms with van der Waals surface area (Å²) in [4.78, 5) is 3.87. The van der Waals surface area contributed by atoms with Gasteiger partial charge in [-0.1, -0.05) is 12.1 Å². The SMILES string of the molecule is NC(=NCC(O)c1ccc(OC(F)(F)F)cc1)Nc1ccc(OC(F)(F)F)cc1. The van der Waals surface area contributed by atoms with Gasteiger partial charge in [0.05, 0.1) is 12.6 Å². The highest BCUT2D eigenvalue weighted by atomic mass is 19.4. The van der Waals surface area contributed by atoms with E-state index in [1.165, 1.54) is 24.3 Å². The Kier molecular flexibility index (Phi) is 6.80. The third kappa shape index (κ3) is 8.17. The minimum absolute atomic E-state index is 0.134. The Balaban J connectivity index is 1.90. The molecule has 0 fully saturated rings. The summed E-state index contributed by atoms with van der Waals surface area (Å²) < 4.78 is 80.1. The monoisotopic (exact) mass is 423 g/mol. The number of nitrogens with two attached hydrogens (primary N) is 1. The number of anilines is 1. The van der Waals surface area contributed by atoms with Crippen LogP contribution in [0.3, 0.4) is 0 Å². The van der Waals surface area contributed by atoms with Crippen LogP contribution in [0.5, 0.6) is 11.5 Å². The van der Waals surface area contributed by atoms with Crippen LogP contribution < -0.4 is 20.5 Å². The van der Waals surface area contributed by atoms with E-state index in [2.05, 4.69) is 19.8 Å². The van der Waals surface area contributed by atoms with Gasteiger partial charge in [0.25, 0.3) is 0 Å². The Bertz CT molecular complexity index is 820. The van der Waals surface area contributed by atoms with Crippen LogP contribution in [0, 0.1) is 0 Å². The quantitative estimate of drug-likeness (QED) is 0.372. The second kappa shape index (κ2) is 8.90. The maximum atomic E-state index is 12.1. The van der Waals surface area contributed by atoms with Crippen LogP contribution in [0.1, 0.15) is 11.7 Å². The van der Waals surface area contributed by atoms with Gasteiger partial charge in [0, 0.05) is 5.69 Å². The molecule has 0 aliphatic carbocycles. The molecule has 0 aliphatic heterocycles. The van der Waals surface area contributed by atoms with Crippen LogP contribution in [0.15, 0.2) is 53.5 Å². The number of aliphatic hydroxyl groups is 1. The van der Waals surface area contributed by atoms with E-state index in [0.29, 0.717) is 5.69 Å². The molecule has 0 bridgehead atoms. The normalized spacial score (nSPS) is 13.7. The molecule has 29 heavy (non-hydrogen) atoms. The number of nitrogens with zero attached hydrogens (tertiary/aromatic N) is 1. The molecule has 0 aliphatic rings. The molecule has 0 amide bonds. The van der Waals surface area contributed by atoms with Gasteiger partial charge in [0.15, 0.2) is 5.96 Å². The second-order valence-electron chi connectivity index (χ2n) is 5.56. The summed E-state index contributed by atoms with van der Waals surface area (Å²) in [6.45, 7) is -0.215. The first-order valence-corrected chi connectivity index (χ1v) is 7.88. The number of halogens is 6. The van der Waals surface area contributed by atoms with Gasteiger partial charge in [-0.25, -0.2) is 0 Å². The summed E-state index contributed by atoms with van der Waals surface area (Å²) >= 11 is 0. The van der Waals surface area contributed by atoms with E-state index in [-0.39, 0.29) is 18.1 Å². The Labute approximate surface area is 160 Å². The predicted octanol–water partition coefficient (Wildman–Crippen LogP) is 3.94. The zero-order chi connectivity index (χ0) is 21.7. The van der Waals surface area contributed by atoms with E-state index in [4.69, 9.17) is 5.73 Å². The number of nitrogens with one attached hydrogen (secondary N) is 1. The number of guanidine groups is 1. The Morgan fingerprint density at radius 1 is 0.897 bits per heavy atom. The first-order chi connectivity index (χ1) is 13.4. The summed E-state index contributed by atoms with van der Waals surface area (Å²) in [5.41, 5.74) is 6.24. The highest BCUT2D eigenvalue weighted by Gasteiger charge is 2.31. The lowest BCUT2D eigenvalue weighted by Gasteiger charge is -2.12. The minimum atomic E-state index is -4.82. The molecule has 12 heteroatoms. The van der Waals surface area contributed by atoms with Crippen molar-refractivity contribution in [2.24, 2.45) is 10.7 Å². The molecule has 2 rings (SSSR count). The zero-order valence-electron chi connectivity index (χ0n) is 14.5. The highest BCUT2D eigenvalue weighted by molar-refractivity contribution is 5.92. The van der Waals surface area contributed by atoms with Crippen molar-refractivity contribution in [1.29, 1.82) is 0 Å². The topological polar surface area (TPSA) is 89.1 Å². The summed E-state index contributed by atoms with van der Waals surface area (Å²) in [7, 11) is 0. The average Bonchev–Trinajstić information content (AvgIpc) is 2.59. The summed E-state index contributed by atoms with van der Waals surface area (Å²) in [6.07, 6.45) is -10.8. The van der Waals surface area contributed by atoms with Crippen molar-refractivity contribution in [2.75, 3.05) is 11.9 Å². The van der Waals surface area contributed by atoms with E-state index < -0.39 is 30.3 Å². The lowest BCUT2D eigenvalue weighted by molar-refractivity contribution is -0.275. The van der Waals surface area contributed by atoms with Crippen molar-refractivity contribution in [3.05, 3.63) is 54.1 Å². The standard InChI is InChI=1S/C17H15F6N3O3/c18-16(19,20)28-12-5-1-10(2-6-12)14(27)9-25-15(24)26-11-3-7-13(8-4-11)29-17(21,22)23/h1-8,14,27H,9H2,(H3,24,25,26). The van der Waals surface area contributed by atoms with Crippen molar-refractivity contribution in [1.82, 2.24) is 0 Å². The molecule has 1 unspecified atom stereocenters. The lowest BCUT2D eigenvalue weighted by Crippen LogP contribution is -2.23. The molecule has 0 spiro atoms. The maximum Gasteiger partial charge on any atom is 0.573 e. The molecule has 0 saturated heterocycles. The van der Waals surface area contributed by atoms with Gasteiger partial charge in [-0.3, -0.25) is 4.99 Å². The number of hydrogen-bond acceptors (Lipinski definition) is 4. The number of benzene rings is 2. The van der Waals surface area contributed by atoms with Crippen LogP contribution in [0.25, 0.3) is 0 Å². The van der Waals surface area contributed by atoms with Gasteiger partial charge in [-0.2, -0.15) is 0 Å². The molecule has 6 nitrogen and oxygen atoms in total. The van der Waals surface area contributed by atoms with Gasteiger partial charge in [-0.05, 0) is 42.0 Å². The van der Waals surface area contributed by atoms with E-state index in [1.54, 1.807) is 0 Å². The predicted molar refractivity (Wildman–Crippen MR) is 91.3 cm³/mol. The number of aliphatic imine (C=N–C) groups is 1. The van der Waals surface area contributed by atoms with Crippen LogP contribution in [-0.2, 0) is 0 Å². The van der Waals surface area contributed by atoms with Crippen molar-refractivity contribution in [2.45, 2.75) is 18.8 Å². The van der Waals surface area contributed by atoms with Gasteiger partial charge < -0.3 is 25.6 Å². The molecular weight excluding hydrogens is 408 g/mol. The molecule has 158 valence electrons. The fourth-order valence-electron chi connectivity index (χ4n) is 2.11. The maximum absolute atomic E-state index is 12.1. The minimum Gasteiger partial charge on any atom is -0.406 e. The van der Waals surface area contributed by atoms with E-state index in [0.717, 1.165) is 24.3 Å². The zero-order valence-corrected chi connectivity index (χ0v) is 14.5. The Morgan fingerprint density at radius 2 is 1.34 bits per heavy atom. The Morgan fingerprint density at radius 3 is 1.79 bits per heavy atom. The smallest absolute Gasteiger partial charge is 0.406 e. The molecule has 0 aromatic heterocycles. The van der Waals surface area contributed by atoms with E-state index in [1.807, 2.05) is 0 Å². The molecule has 4 N–H and O–H groups in total. The molecule has 2 aromatic carbocycles.